The van der Waals surface area contributed by atoms with Crippen LogP contribution in [0.15, 0.2) is 24.3 Å². The Bertz CT molecular complexity index is 323. The van der Waals surface area contributed by atoms with Gasteiger partial charge in [-0.25, -0.2) is 0 Å². The SMILES string of the molecule is Cc1ccc([C@@H]2O[C@H]2C#N)cc1. The maximum atomic E-state index is 8.52. The summed E-state index contributed by atoms with van der Waals surface area (Å²) < 4.78 is 5.13. The van der Waals surface area contributed by atoms with Gasteiger partial charge < -0.3 is 4.74 Å². The molecule has 0 aliphatic carbocycles. The van der Waals surface area contributed by atoms with Gasteiger partial charge in [-0.15, -0.1) is 0 Å². The van der Waals surface area contributed by atoms with Crippen LogP contribution in [0.4, 0.5) is 0 Å². The van der Waals surface area contributed by atoms with Gasteiger partial charge in [-0.05, 0) is 12.5 Å². The normalized spacial score (nSPS) is 26.3. The highest BCUT2D eigenvalue weighted by atomic mass is 16.6. The quantitative estimate of drug-likeness (QED) is 0.587. The summed E-state index contributed by atoms with van der Waals surface area (Å²) in [5.74, 6) is 0. The number of nitriles is 1. The van der Waals surface area contributed by atoms with E-state index in [4.69, 9.17) is 10.00 Å². The van der Waals surface area contributed by atoms with Crippen LogP contribution in [-0.4, -0.2) is 6.10 Å². The Kier molecular flexibility index (Phi) is 1.60. The van der Waals surface area contributed by atoms with Crippen molar-refractivity contribution in [1.29, 1.82) is 5.26 Å². The molecule has 1 aliphatic rings. The number of ether oxygens (including phenoxy) is 1. The summed E-state index contributed by atoms with van der Waals surface area (Å²) >= 11 is 0. The van der Waals surface area contributed by atoms with Crippen LogP contribution in [0.25, 0.3) is 0 Å². The number of nitrogens with zero attached hydrogens (tertiary/aromatic N) is 1. The lowest BCUT2D eigenvalue weighted by atomic mass is 10.1. The summed E-state index contributed by atoms with van der Waals surface area (Å²) in [6.07, 6.45) is -0.191. The van der Waals surface area contributed by atoms with Gasteiger partial charge in [0, 0.05) is 0 Å². The van der Waals surface area contributed by atoms with E-state index >= 15 is 0 Å². The zero-order chi connectivity index (χ0) is 8.55. The minimum Gasteiger partial charge on any atom is -0.348 e. The third kappa shape index (κ3) is 1.19. The smallest absolute Gasteiger partial charge is 0.175 e. The lowest BCUT2D eigenvalue weighted by molar-refractivity contribution is 0.396. The number of aryl methyl sites for hydroxylation is 1. The van der Waals surface area contributed by atoms with Gasteiger partial charge in [-0.1, -0.05) is 29.8 Å². The summed E-state index contributed by atoms with van der Waals surface area (Å²) in [5, 5.41) is 8.52. The molecule has 1 aliphatic heterocycles. The molecule has 1 heterocycles. The Morgan fingerprint density at radius 3 is 2.50 bits per heavy atom. The van der Waals surface area contributed by atoms with Crippen LogP contribution in [0, 0.1) is 18.3 Å². The predicted molar refractivity (Wildman–Crippen MR) is 44.4 cm³/mol. The minimum absolute atomic E-state index is 0.0237. The second-order valence-electron chi connectivity index (χ2n) is 3.02. The number of hydrogen-bond acceptors (Lipinski definition) is 2. The molecule has 0 N–H and O–H groups in total. The average Bonchev–Trinajstić information content (AvgIpc) is 2.85. The first-order chi connectivity index (χ1) is 5.81. The second kappa shape index (κ2) is 2.62. The fourth-order valence-electron chi connectivity index (χ4n) is 1.22. The van der Waals surface area contributed by atoms with Gasteiger partial charge >= 0.3 is 0 Å². The topological polar surface area (TPSA) is 36.3 Å². The number of rotatable bonds is 1. The van der Waals surface area contributed by atoms with Crippen LogP contribution in [-0.2, 0) is 4.74 Å². The molecule has 0 bridgehead atoms. The van der Waals surface area contributed by atoms with Gasteiger partial charge in [-0.2, -0.15) is 5.26 Å². The molecule has 1 aromatic carbocycles. The number of hydrogen-bond donors (Lipinski definition) is 0. The van der Waals surface area contributed by atoms with E-state index in [0.29, 0.717) is 0 Å². The average molecular weight is 159 g/mol. The molecule has 0 aromatic heterocycles. The maximum Gasteiger partial charge on any atom is 0.175 e. The fraction of sp³-hybridized carbons (Fsp3) is 0.300. The van der Waals surface area contributed by atoms with Gasteiger partial charge in [0.25, 0.3) is 0 Å². The molecule has 0 spiro atoms. The largest absolute Gasteiger partial charge is 0.348 e. The van der Waals surface area contributed by atoms with E-state index in [1.807, 2.05) is 31.2 Å². The second-order valence-corrected chi connectivity index (χ2v) is 3.02. The van der Waals surface area contributed by atoms with E-state index in [1.54, 1.807) is 0 Å². The zero-order valence-corrected chi connectivity index (χ0v) is 6.82. The fourth-order valence-corrected chi connectivity index (χ4v) is 1.22. The van der Waals surface area contributed by atoms with Gasteiger partial charge in [-0.3, -0.25) is 0 Å². The van der Waals surface area contributed by atoms with E-state index in [1.165, 1.54) is 5.56 Å². The van der Waals surface area contributed by atoms with Crippen LogP contribution in [0.2, 0.25) is 0 Å². The summed E-state index contributed by atoms with van der Waals surface area (Å²) in [4.78, 5) is 0. The van der Waals surface area contributed by atoms with Crippen LogP contribution in [0.3, 0.4) is 0 Å². The van der Waals surface area contributed by atoms with Crippen molar-refractivity contribution in [2.45, 2.75) is 19.1 Å². The van der Waals surface area contributed by atoms with Crippen molar-refractivity contribution in [3.05, 3.63) is 35.4 Å². The Morgan fingerprint density at radius 2 is 2.00 bits per heavy atom. The lowest BCUT2D eigenvalue weighted by Gasteiger charge is -1.94. The van der Waals surface area contributed by atoms with Gasteiger partial charge in [0.15, 0.2) is 6.10 Å². The maximum absolute atomic E-state index is 8.52. The van der Waals surface area contributed by atoms with Crippen LogP contribution in [0.5, 0.6) is 0 Å². The third-order valence-electron chi connectivity index (χ3n) is 2.02. The van der Waals surface area contributed by atoms with Crippen molar-refractivity contribution >= 4 is 0 Å². The van der Waals surface area contributed by atoms with Crippen molar-refractivity contribution in [3.8, 4) is 6.07 Å². The van der Waals surface area contributed by atoms with Gasteiger partial charge in [0.2, 0.25) is 0 Å². The van der Waals surface area contributed by atoms with Crippen molar-refractivity contribution < 1.29 is 4.74 Å². The Balaban J connectivity index is 2.17. The van der Waals surface area contributed by atoms with Gasteiger partial charge in [0.1, 0.15) is 6.10 Å². The van der Waals surface area contributed by atoms with E-state index < -0.39 is 0 Å². The summed E-state index contributed by atoms with van der Waals surface area (Å²) in [5.41, 5.74) is 2.33. The molecule has 1 fully saturated rings. The Labute approximate surface area is 71.4 Å². The summed E-state index contributed by atoms with van der Waals surface area (Å²) in [6, 6.07) is 10.2. The first kappa shape index (κ1) is 7.33. The van der Waals surface area contributed by atoms with E-state index in [-0.39, 0.29) is 12.2 Å². The lowest BCUT2D eigenvalue weighted by Crippen LogP contribution is -1.84. The Morgan fingerprint density at radius 1 is 1.33 bits per heavy atom. The van der Waals surface area contributed by atoms with E-state index in [0.717, 1.165) is 5.56 Å². The molecule has 1 aromatic rings. The first-order valence-corrected chi connectivity index (χ1v) is 3.93. The highest BCUT2D eigenvalue weighted by Gasteiger charge is 2.40. The molecule has 0 unspecified atom stereocenters. The van der Waals surface area contributed by atoms with Crippen molar-refractivity contribution in [2.75, 3.05) is 0 Å². The molecule has 2 nitrogen and oxygen atoms in total. The molecule has 0 amide bonds. The molecule has 12 heavy (non-hydrogen) atoms. The molecule has 0 radical (unpaired) electrons. The van der Waals surface area contributed by atoms with Crippen molar-refractivity contribution in [1.82, 2.24) is 0 Å². The van der Waals surface area contributed by atoms with Crippen LogP contribution < -0.4 is 0 Å². The summed E-state index contributed by atoms with van der Waals surface area (Å²) in [6.45, 7) is 2.04. The summed E-state index contributed by atoms with van der Waals surface area (Å²) in [7, 11) is 0. The molecular formula is C10H9NO. The zero-order valence-electron chi connectivity index (χ0n) is 6.82. The molecule has 2 rings (SSSR count). The number of epoxide rings is 1. The monoisotopic (exact) mass is 159 g/mol. The minimum atomic E-state index is -0.215. The van der Waals surface area contributed by atoms with Crippen LogP contribution >= 0.6 is 0 Å². The third-order valence-corrected chi connectivity index (χ3v) is 2.02. The van der Waals surface area contributed by atoms with Gasteiger partial charge in [0.05, 0.1) is 6.07 Å². The van der Waals surface area contributed by atoms with E-state index in [9.17, 15) is 0 Å². The highest BCUT2D eigenvalue weighted by Crippen LogP contribution is 2.37. The Hall–Kier alpha value is -1.33. The first-order valence-electron chi connectivity index (χ1n) is 3.93. The van der Waals surface area contributed by atoms with Crippen LogP contribution in [0.1, 0.15) is 17.2 Å². The standard InChI is InChI=1S/C10H9NO/c1-7-2-4-8(5-3-7)10-9(6-11)12-10/h2-5,9-10H,1H3/t9-,10-/m0/s1. The molecule has 0 saturated carbocycles. The van der Waals surface area contributed by atoms with Crippen molar-refractivity contribution in [3.63, 3.8) is 0 Å². The molecule has 2 atom stereocenters. The molecule has 60 valence electrons. The van der Waals surface area contributed by atoms with Crippen molar-refractivity contribution in [2.24, 2.45) is 0 Å². The molecular weight excluding hydrogens is 150 g/mol. The predicted octanol–water partition coefficient (Wildman–Crippen LogP) is 1.96. The molecule has 2 heteroatoms. The van der Waals surface area contributed by atoms with E-state index in [2.05, 4.69) is 6.07 Å². The molecule has 1 saturated heterocycles. The highest BCUT2D eigenvalue weighted by molar-refractivity contribution is 5.28. The number of benzene rings is 1.